The number of carbonyl (C=O) groups is 2. The highest BCUT2D eigenvalue weighted by atomic mass is 16.6. The van der Waals surface area contributed by atoms with Crippen LogP contribution in [-0.4, -0.2) is 24.5 Å². The van der Waals surface area contributed by atoms with Gasteiger partial charge >= 0.3 is 0 Å². The van der Waals surface area contributed by atoms with Crippen LogP contribution in [0.1, 0.15) is 19.3 Å². The van der Waals surface area contributed by atoms with Gasteiger partial charge < -0.3 is 9.47 Å². The SMILES string of the molecule is O=C(C[C@H]1C=CCC1)NNC(=O)[C@H]1COc2ccccc2O1. The Labute approximate surface area is 128 Å². The molecule has 0 fully saturated rings. The van der Waals surface area contributed by atoms with Gasteiger partial charge in [-0.3, -0.25) is 20.4 Å². The third kappa shape index (κ3) is 3.39. The van der Waals surface area contributed by atoms with E-state index < -0.39 is 12.0 Å². The number of para-hydroxylation sites is 2. The van der Waals surface area contributed by atoms with Gasteiger partial charge in [0.05, 0.1) is 0 Å². The first kappa shape index (κ1) is 14.4. The molecule has 22 heavy (non-hydrogen) atoms. The van der Waals surface area contributed by atoms with Crippen LogP contribution in [0.25, 0.3) is 0 Å². The summed E-state index contributed by atoms with van der Waals surface area (Å²) in [6, 6.07) is 7.15. The summed E-state index contributed by atoms with van der Waals surface area (Å²) in [6.45, 7) is 0.115. The summed E-state index contributed by atoms with van der Waals surface area (Å²) in [5.41, 5.74) is 4.81. The second-order valence-electron chi connectivity index (χ2n) is 5.37. The molecule has 1 aliphatic heterocycles. The zero-order valence-corrected chi connectivity index (χ0v) is 12.1. The summed E-state index contributed by atoms with van der Waals surface area (Å²) >= 11 is 0. The minimum Gasteiger partial charge on any atom is -0.485 e. The van der Waals surface area contributed by atoms with Crippen LogP contribution in [0.3, 0.4) is 0 Å². The van der Waals surface area contributed by atoms with E-state index in [2.05, 4.69) is 16.9 Å². The van der Waals surface area contributed by atoms with Crippen LogP contribution in [0.5, 0.6) is 11.5 Å². The lowest BCUT2D eigenvalue weighted by molar-refractivity contribution is -0.135. The largest absolute Gasteiger partial charge is 0.485 e. The van der Waals surface area contributed by atoms with Gasteiger partial charge in [0.1, 0.15) is 6.61 Å². The molecule has 0 aromatic heterocycles. The molecule has 1 aromatic carbocycles. The summed E-state index contributed by atoms with van der Waals surface area (Å²) in [7, 11) is 0. The van der Waals surface area contributed by atoms with Crippen molar-refractivity contribution < 1.29 is 19.1 Å². The summed E-state index contributed by atoms with van der Waals surface area (Å²) in [4.78, 5) is 23.8. The smallest absolute Gasteiger partial charge is 0.283 e. The van der Waals surface area contributed by atoms with E-state index in [1.807, 2.05) is 12.1 Å². The molecule has 0 radical (unpaired) electrons. The molecule has 3 rings (SSSR count). The maximum absolute atomic E-state index is 12.0. The second kappa shape index (κ2) is 6.51. The molecule has 0 saturated carbocycles. The first-order valence-corrected chi connectivity index (χ1v) is 7.36. The molecule has 2 N–H and O–H groups in total. The zero-order valence-electron chi connectivity index (χ0n) is 12.1. The molecule has 1 aromatic rings. The van der Waals surface area contributed by atoms with Gasteiger partial charge in [-0.25, -0.2) is 0 Å². The van der Waals surface area contributed by atoms with E-state index in [0.717, 1.165) is 12.8 Å². The number of nitrogens with one attached hydrogen (secondary N) is 2. The Kier molecular flexibility index (Phi) is 4.27. The van der Waals surface area contributed by atoms with E-state index >= 15 is 0 Å². The highest BCUT2D eigenvalue weighted by molar-refractivity contribution is 5.85. The lowest BCUT2D eigenvalue weighted by Gasteiger charge is -2.25. The summed E-state index contributed by atoms with van der Waals surface area (Å²) in [5.74, 6) is 0.768. The monoisotopic (exact) mass is 302 g/mol. The Balaban J connectivity index is 1.46. The number of allylic oxidation sites excluding steroid dienone is 2. The van der Waals surface area contributed by atoms with Crippen molar-refractivity contribution in [2.75, 3.05) is 6.61 Å². The van der Waals surface area contributed by atoms with Crippen molar-refractivity contribution in [3.05, 3.63) is 36.4 Å². The Hall–Kier alpha value is -2.50. The Morgan fingerprint density at radius 2 is 2.00 bits per heavy atom. The number of hydrogen-bond acceptors (Lipinski definition) is 4. The van der Waals surface area contributed by atoms with Crippen molar-refractivity contribution in [3.8, 4) is 11.5 Å². The van der Waals surface area contributed by atoms with Gasteiger partial charge in [-0.1, -0.05) is 24.3 Å². The first-order valence-electron chi connectivity index (χ1n) is 7.36. The van der Waals surface area contributed by atoms with Crippen LogP contribution in [0.4, 0.5) is 0 Å². The first-order chi connectivity index (χ1) is 10.7. The van der Waals surface area contributed by atoms with Gasteiger partial charge in [0, 0.05) is 6.42 Å². The van der Waals surface area contributed by atoms with Gasteiger partial charge in [-0.05, 0) is 30.9 Å². The van der Waals surface area contributed by atoms with Crippen molar-refractivity contribution in [1.82, 2.24) is 10.9 Å². The fraction of sp³-hybridized carbons (Fsp3) is 0.375. The maximum atomic E-state index is 12.0. The van der Waals surface area contributed by atoms with Crippen molar-refractivity contribution >= 4 is 11.8 Å². The molecule has 116 valence electrons. The molecule has 0 saturated heterocycles. The normalized spacial score (nSPS) is 22.2. The predicted molar refractivity (Wildman–Crippen MR) is 79.1 cm³/mol. The molecule has 0 bridgehead atoms. The van der Waals surface area contributed by atoms with Crippen molar-refractivity contribution in [1.29, 1.82) is 0 Å². The minimum absolute atomic E-state index is 0.115. The van der Waals surface area contributed by atoms with Crippen LogP contribution in [0.2, 0.25) is 0 Å². The quantitative estimate of drug-likeness (QED) is 0.652. The van der Waals surface area contributed by atoms with Crippen LogP contribution in [-0.2, 0) is 9.59 Å². The molecule has 0 spiro atoms. The zero-order chi connectivity index (χ0) is 15.4. The van der Waals surface area contributed by atoms with Crippen molar-refractivity contribution in [2.45, 2.75) is 25.4 Å². The number of amides is 2. The van der Waals surface area contributed by atoms with Gasteiger partial charge in [-0.2, -0.15) is 0 Å². The number of carbonyl (C=O) groups excluding carboxylic acids is 2. The van der Waals surface area contributed by atoms with E-state index in [-0.39, 0.29) is 18.4 Å². The lowest BCUT2D eigenvalue weighted by Crippen LogP contribution is -2.51. The van der Waals surface area contributed by atoms with E-state index in [4.69, 9.17) is 9.47 Å². The summed E-state index contributed by atoms with van der Waals surface area (Å²) in [6.07, 6.45) is 5.70. The molecule has 2 atom stereocenters. The summed E-state index contributed by atoms with van der Waals surface area (Å²) in [5, 5.41) is 0. The average Bonchev–Trinajstić information content (AvgIpc) is 3.05. The Bertz CT molecular complexity index is 600. The highest BCUT2D eigenvalue weighted by Gasteiger charge is 2.27. The number of rotatable bonds is 3. The topological polar surface area (TPSA) is 76.7 Å². The van der Waals surface area contributed by atoms with Gasteiger partial charge in [-0.15, -0.1) is 0 Å². The molecule has 1 heterocycles. The van der Waals surface area contributed by atoms with E-state index in [9.17, 15) is 9.59 Å². The van der Waals surface area contributed by atoms with Crippen LogP contribution >= 0.6 is 0 Å². The van der Waals surface area contributed by atoms with Crippen LogP contribution in [0.15, 0.2) is 36.4 Å². The Morgan fingerprint density at radius 1 is 1.18 bits per heavy atom. The number of hydrogen-bond donors (Lipinski definition) is 2. The van der Waals surface area contributed by atoms with Crippen molar-refractivity contribution in [3.63, 3.8) is 0 Å². The standard InChI is InChI=1S/C16H18N2O4/c19-15(9-11-5-1-2-6-11)17-18-16(20)14-10-21-12-7-3-4-8-13(12)22-14/h1,3-5,7-8,11,14H,2,6,9-10H2,(H,17,19)(H,18,20)/t11-,14+/m0/s1. The van der Waals surface area contributed by atoms with E-state index in [1.54, 1.807) is 18.2 Å². The molecule has 0 unspecified atom stereocenters. The van der Waals surface area contributed by atoms with Crippen molar-refractivity contribution in [2.24, 2.45) is 5.92 Å². The van der Waals surface area contributed by atoms with E-state index in [1.165, 1.54) is 0 Å². The lowest BCUT2D eigenvalue weighted by atomic mass is 10.1. The molecule has 2 amide bonds. The van der Waals surface area contributed by atoms with E-state index in [0.29, 0.717) is 17.9 Å². The van der Waals surface area contributed by atoms with Gasteiger partial charge in [0.2, 0.25) is 12.0 Å². The highest BCUT2D eigenvalue weighted by Crippen LogP contribution is 2.30. The molecule has 2 aliphatic rings. The molecule has 6 nitrogen and oxygen atoms in total. The Morgan fingerprint density at radius 3 is 2.77 bits per heavy atom. The third-order valence-corrected chi connectivity index (χ3v) is 3.69. The molecule has 1 aliphatic carbocycles. The average molecular weight is 302 g/mol. The fourth-order valence-corrected chi connectivity index (χ4v) is 2.52. The summed E-state index contributed by atoms with van der Waals surface area (Å²) < 4.78 is 11.0. The maximum Gasteiger partial charge on any atom is 0.283 e. The van der Waals surface area contributed by atoms with Crippen LogP contribution in [0, 0.1) is 5.92 Å². The molecular weight excluding hydrogens is 284 g/mol. The fourth-order valence-electron chi connectivity index (χ4n) is 2.52. The number of benzene rings is 1. The third-order valence-electron chi connectivity index (χ3n) is 3.69. The number of fused-ring (bicyclic) bond motifs is 1. The number of ether oxygens (including phenoxy) is 2. The van der Waals surface area contributed by atoms with Gasteiger partial charge in [0.25, 0.3) is 5.91 Å². The van der Waals surface area contributed by atoms with Crippen LogP contribution < -0.4 is 20.3 Å². The van der Waals surface area contributed by atoms with Gasteiger partial charge in [0.15, 0.2) is 11.5 Å². The minimum atomic E-state index is -0.776. The number of hydrazine groups is 1. The predicted octanol–water partition coefficient (Wildman–Crippen LogP) is 1.33. The molecule has 6 heteroatoms. The molecular formula is C16H18N2O4. The second-order valence-corrected chi connectivity index (χ2v) is 5.37.